The molecule has 2 aromatic heterocycles. The van der Waals surface area contributed by atoms with E-state index in [-0.39, 0.29) is 12.2 Å². The molecule has 0 fully saturated rings. The smallest absolute Gasteiger partial charge is 0.338 e. The molecule has 1 aliphatic rings. The zero-order valence-corrected chi connectivity index (χ0v) is 25.7. The fourth-order valence-electron chi connectivity index (χ4n) is 5.25. The predicted molar refractivity (Wildman–Crippen MR) is 169 cm³/mol. The monoisotopic (exact) mass is 635 g/mol. The van der Waals surface area contributed by atoms with Gasteiger partial charge in [-0.1, -0.05) is 82.5 Å². The molecule has 5 aromatic rings. The lowest BCUT2D eigenvalue weighted by molar-refractivity contribution is -0.139. The SMILES string of the molecule is CCOC(=O)C1=C(C)N=c2s/c(=C/c3cn(Cc4ccc(Cl)c(Cl)c4)c4ccccc34)c(=O)n2C1c1ccc(Cl)cc1. The molecule has 1 unspecified atom stereocenters. The van der Waals surface area contributed by atoms with Gasteiger partial charge in [0, 0.05) is 34.2 Å². The van der Waals surface area contributed by atoms with E-state index in [4.69, 9.17) is 39.5 Å². The number of carbonyl (C=O) groups is 1. The number of hydrogen-bond donors (Lipinski definition) is 0. The van der Waals surface area contributed by atoms with Crippen LogP contribution in [0.5, 0.6) is 0 Å². The minimum absolute atomic E-state index is 0.208. The molecule has 1 aliphatic heterocycles. The number of thiazole rings is 1. The van der Waals surface area contributed by atoms with Crippen molar-refractivity contribution in [2.24, 2.45) is 4.99 Å². The molecule has 0 saturated heterocycles. The molecule has 212 valence electrons. The maximum absolute atomic E-state index is 14.1. The summed E-state index contributed by atoms with van der Waals surface area (Å²) in [6.07, 6.45) is 3.91. The van der Waals surface area contributed by atoms with Crippen molar-refractivity contribution in [1.82, 2.24) is 9.13 Å². The maximum atomic E-state index is 14.1. The van der Waals surface area contributed by atoms with Crippen molar-refractivity contribution in [2.45, 2.75) is 26.4 Å². The first-order chi connectivity index (χ1) is 20.2. The van der Waals surface area contributed by atoms with Gasteiger partial charge in [-0.2, -0.15) is 0 Å². The van der Waals surface area contributed by atoms with Gasteiger partial charge in [0.2, 0.25) is 0 Å². The molecule has 3 heterocycles. The highest BCUT2D eigenvalue weighted by atomic mass is 35.5. The van der Waals surface area contributed by atoms with Gasteiger partial charge in [-0.15, -0.1) is 0 Å². The van der Waals surface area contributed by atoms with Crippen LogP contribution in [0, 0.1) is 0 Å². The molecule has 10 heteroatoms. The van der Waals surface area contributed by atoms with Gasteiger partial charge in [0.05, 0.1) is 38.5 Å². The zero-order valence-electron chi connectivity index (χ0n) is 22.6. The van der Waals surface area contributed by atoms with E-state index in [2.05, 4.69) is 9.56 Å². The molecule has 0 saturated carbocycles. The van der Waals surface area contributed by atoms with Gasteiger partial charge in [-0.3, -0.25) is 9.36 Å². The lowest BCUT2D eigenvalue weighted by Crippen LogP contribution is -2.39. The largest absolute Gasteiger partial charge is 0.463 e. The van der Waals surface area contributed by atoms with E-state index in [1.807, 2.05) is 60.8 Å². The first-order valence-corrected chi connectivity index (χ1v) is 15.2. The number of rotatable bonds is 6. The molecule has 1 atom stereocenters. The van der Waals surface area contributed by atoms with E-state index in [0.29, 0.717) is 42.2 Å². The van der Waals surface area contributed by atoms with Crippen molar-refractivity contribution in [3.8, 4) is 0 Å². The highest BCUT2D eigenvalue weighted by Crippen LogP contribution is 2.31. The van der Waals surface area contributed by atoms with Crippen LogP contribution >= 0.6 is 46.1 Å². The third-order valence-corrected chi connectivity index (χ3v) is 9.12. The first kappa shape index (κ1) is 28.5. The molecule has 42 heavy (non-hydrogen) atoms. The Morgan fingerprint density at radius 3 is 2.55 bits per heavy atom. The van der Waals surface area contributed by atoms with Crippen molar-refractivity contribution in [2.75, 3.05) is 6.61 Å². The van der Waals surface area contributed by atoms with Crippen LogP contribution in [0.4, 0.5) is 0 Å². The van der Waals surface area contributed by atoms with Crippen molar-refractivity contribution < 1.29 is 9.53 Å². The molecule has 6 rings (SSSR count). The number of esters is 1. The van der Waals surface area contributed by atoms with Gasteiger partial charge in [0.1, 0.15) is 0 Å². The first-order valence-electron chi connectivity index (χ1n) is 13.2. The second kappa shape index (κ2) is 11.6. The average Bonchev–Trinajstić information content (AvgIpc) is 3.47. The molecule has 0 aliphatic carbocycles. The fourth-order valence-corrected chi connectivity index (χ4v) is 6.73. The van der Waals surface area contributed by atoms with Crippen LogP contribution in [0.1, 0.15) is 36.6 Å². The maximum Gasteiger partial charge on any atom is 0.338 e. The predicted octanol–water partition coefficient (Wildman–Crippen LogP) is 6.76. The summed E-state index contributed by atoms with van der Waals surface area (Å²) in [7, 11) is 0. The Morgan fingerprint density at radius 1 is 1.05 bits per heavy atom. The number of carbonyl (C=O) groups excluding carboxylic acids is 1. The second-order valence-corrected chi connectivity index (χ2v) is 12.1. The number of fused-ring (bicyclic) bond motifs is 2. The van der Waals surface area contributed by atoms with Gasteiger partial charge in [0.15, 0.2) is 4.80 Å². The summed E-state index contributed by atoms with van der Waals surface area (Å²) < 4.78 is 9.58. The van der Waals surface area contributed by atoms with Crippen molar-refractivity contribution >= 4 is 69.1 Å². The summed E-state index contributed by atoms with van der Waals surface area (Å²) in [5, 5.41) is 2.56. The number of benzene rings is 3. The Bertz CT molecular complexity index is 2070. The number of aromatic nitrogens is 2. The fraction of sp³-hybridized carbons (Fsp3) is 0.156. The number of nitrogens with zero attached hydrogens (tertiary/aromatic N) is 3. The van der Waals surface area contributed by atoms with Gasteiger partial charge in [-0.25, -0.2) is 9.79 Å². The van der Waals surface area contributed by atoms with E-state index >= 15 is 0 Å². The molecule has 3 aromatic carbocycles. The van der Waals surface area contributed by atoms with Gasteiger partial charge in [-0.05, 0) is 61.4 Å². The summed E-state index contributed by atoms with van der Waals surface area (Å²) in [5.74, 6) is -0.502. The molecule has 0 amide bonds. The van der Waals surface area contributed by atoms with E-state index < -0.39 is 12.0 Å². The third-order valence-electron chi connectivity index (χ3n) is 7.15. The van der Waals surface area contributed by atoms with Crippen LogP contribution in [-0.2, 0) is 16.1 Å². The van der Waals surface area contributed by atoms with Crippen LogP contribution < -0.4 is 14.9 Å². The summed E-state index contributed by atoms with van der Waals surface area (Å²) in [6.45, 7) is 4.30. The Labute approximate surface area is 260 Å². The van der Waals surface area contributed by atoms with Gasteiger partial charge in [0.25, 0.3) is 5.56 Å². The quantitative estimate of drug-likeness (QED) is 0.194. The van der Waals surface area contributed by atoms with Gasteiger partial charge < -0.3 is 9.30 Å². The highest BCUT2D eigenvalue weighted by Gasteiger charge is 2.33. The molecule has 6 nitrogen and oxygen atoms in total. The number of hydrogen-bond acceptors (Lipinski definition) is 5. The topological polar surface area (TPSA) is 65.6 Å². The lowest BCUT2D eigenvalue weighted by atomic mass is 9.96. The van der Waals surface area contributed by atoms with Crippen molar-refractivity contribution in [3.63, 3.8) is 0 Å². The van der Waals surface area contributed by atoms with E-state index in [1.54, 1.807) is 36.6 Å². The molecule has 0 radical (unpaired) electrons. The molecule has 0 N–H and O–H groups in total. The minimum Gasteiger partial charge on any atom is -0.463 e. The number of para-hydroxylation sites is 1. The Morgan fingerprint density at radius 2 is 1.81 bits per heavy atom. The minimum atomic E-state index is -0.698. The lowest BCUT2D eigenvalue weighted by Gasteiger charge is -2.24. The number of halogens is 3. The van der Waals surface area contributed by atoms with Crippen LogP contribution in [0.15, 0.2) is 94.0 Å². The zero-order chi connectivity index (χ0) is 29.5. The van der Waals surface area contributed by atoms with Gasteiger partial charge >= 0.3 is 5.97 Å². The normalized spacial score (nSPS) is 15.2. The molecule has 0 spiro atoms. The Hall–Kier alpha value is -3.62. The summed E-state index contributed by atoms with van der Waals surface area (Å²) >= 11 is 19.8. The molecule has 0 bridgehead atoms. The van der Waals surface area contributed by atoms with Crippen molar-refractivity contribution in [1.29, 1.82) is 0 Å². The van der Waals surface area contributed by atoms with Crippen LogP contribution in [0.25, 0.3) is 17.0 Å². The number of ether oxygens (including phenoxy) is 1. The van der Waals surface area contributed by atoms with E-state index in [9.17, 15) is 9.59 Å². The highest BCUT2D eigenvalue weighted by molar-refractivity contribution is 7.07. The van der Waals surface area contributed by atoms with Crippen LogP contribution in [0.2, 0.25) is 15.1 Å². The average molecular weight is 637 g/mol. The van der Waals surface area contributed by atoms with Crippen LogP contribution in [0.3, 0.4) is 0 Å². The Kier molecular flexibility index (Phi) is 7.85. The van der Waals surface area contributed by atoms with E-state index in [0.717, 1.165) is 27.6 Å². The summed E-state index contributed by atoms with van der Waals surface area (Å²) in [6, 6.07) is 20.0. The Balaban J connectivity index is 1.50. The molecular formula is C32H24Cl3N3O3S. The van der Waals surface area contributed by atoms with Crippen molar-refractivity contribution in [3.05, 3.63) is 136 Å². The molecular weight excluding hydrogens is 613 g/mol. The van der Waals surface area contributed by atoms with Crippen LogP contribution in [-0.4, -0.2) is 21.7 Å². The third kappa shape index (κ3) is 5.22. The summed E-state index contributed by atoms with van der Waals surface area (Å²) in [5.41, 5.74) is 4.25. The van der Waals surface area contributed by atoms with E-state index in [1.165, 1.54) is 11.3 Å². The number of allylic oxidation sites excluding steroid dienone is 1. The standard InChI is InChI=1S/C32H24Cl3N3O3S/c1-3-41-31(40)28-18(2)36-32-38(29(28)20-9-11-22(33)12-10-20)30(39)27(42-32)15-21-17-37(26-7-5-4-6-23(21)26)16-19-8-13-24(34)25(35)14-19/h4-15,17,29H,3,16H2,1-2H3/b27-15+. The second-order valence-electron chi connectivity index (χ2n) is 9.83. The summed E-state index contributed by atoms with van der Waals surface area (Å²) in [4.78, 5) is 32.3.